The van der Waals surface area contributed by atoms with Gasteiger partial charge in [0.15, 0.2) is 5.82 Å². The molecular weight excluding hydrogens is 566 g/mol. The van der Waals surface area contributed by atoms with Crippen molar-refractivity contribution in [3.8, 4) is 22.9 Å². The van der Waals surface area contributed by atoms with E-state index in [9.17, 15) is 23.1 Å². The van der Waals surface area contributed by atoms with Crippen molar-refractivity contribution in [2.75, 3.05) is 57.3 Å². The largest absolute Gasteiger partial charge is 0.507 e. The fraction of sp³-hybridized carbons (Fsp3) is 0.393. The lowest BCUT2D eigenvalue weighted by Crippen LogP contribution is -2.48. The Morgan fingerprint density at radius 2 is 1.80 bits per heavy atom. The number of aromatic hydroxyl groups is 1. The molecular formula is C28H28ClF4N5O3. The van der Waals surface area contributed by atoms with Gasteiger partial charge in [-0.1, -0.05) is 24.2 Å². The molecule has 1 aromatic heterocycles. The van der Waals surface area contributed by atoms with E-state index in [1.54, 1.807) is 4.90 Å². The zero-order valence-corrected chi connectivity index (χ0v) is 22.8. The molecule has 0 saturated carbocycles. The summed E-state index contributed by atoms with van der Waals surface area (Å²) in [4.78, 5) is 26.1. The molecule has 0 spiro atoms. The zero-order chi connectivity index (χ0) is 29.3. The summed E-state index contributed by atoms with van der Waals surface area (Å²) in [5, 5.41) is 10.4. The second-order valence-electron chi connectivity index (χ2n) is 9.97. The van der Waals surface area contributed by atoms with Crippen molar-refractivity contribution in [3.63, 3.8) is 0 Å². The maximum Gasteiger partial charge on any atom is 0.319 e. The first-order chi connectivity index (χ1) is 19.6. The summed E-state index contributed by atoms with van der Waals surface area (Å²) in [7, 11) is 0. The van der Waals surface area contributed by atoms with Gasteiger partial charge in [0.1, 0.15) is 29.5 Å². The number of nitrogens with zero attached hydrogens (tertiary/aromatic N) is 5. The minimum absolute atomic E-state index is 0.0638. The van der Waals surface area contributed by atoms with Crippen LogP contribution in [-0.2, 0) is 4.79 Å². The van der Waals surface area contributed by atoms with Gasteiger partial charge in [0.05, 0.1) is 10.6 Å². The topological polar surface area (TPSA) is 82.0 Å². The molecule has 5 rings (SSSR count). The second-order valence-corrected chi connectivity index (χ2v) is 10.4. The number of fused-ring (bicyclic) bond motifs is 1. The predicted octanol–water partition coefficient (Wildman–Crippen LogP) is 4.88. The van der Waals surface area contributed by atoms with Crippen LogP contribution in [0.5, 0.6) is 11.8 Å². The van der Waals surface area contributed by atoms with Crippen LogP contribution in [0.1, 0.15) is 12.8 Å². The normalized spacial score (nSPS) is 17.6. The molecule has 0 bridgehead atoms. The zero-order valence-electron chi connectivity index (χ0n) is 22.1. The highest BCUT2D eigenvalue weighted by molar-refractivity contribution is 6.34. The Labute approximate surface area is 238 Å². The summed E-state index contributed by atoms with van der Waals surface area (Å²) in [5.41, 5.74) is -0.965. The third kappa shape index (κ3) is 6.03. The lowest BCUT2D eigenvalue weighted by atomic mass is 10.0. The first kappa shape index (κ1) is 28.9. The molecule has 13 heteroatoms. The highest BCUT2D eigenvalue weighted by atomic mass is 35.5. The third-order valence-corrected chi connectivity index (χ3v) is 7.67. The number of hydrogen-bond donors (Lipinski definition) is 1. The third-order valence-electron chi connectivity index (χ3n) is 7.38. The van der Waals surface area contributed by atoms with Gasteiger partial charge in [-0.3, -0.25) is 9.69 Å². The van der Waals surface area contributed by atoms with Crippen molar-refractivity contribution in [1.29, 1.82) is 0 Å². The molecule has 41 heavy (non-hydrogen) atoms. The van der Waals surface area contributed by atoms with E-state index in [-0.39, 0.29) is 65.9 Å². The summed E-state index contributed by atoms with van der Waals surface area (Å²) < 4.78 is 63.6. The fourth-order valence-corrected chi connectivity index (χ4v) is 5.38. The van der Waals surface area contributed by atoms with E-state index in [0.29, 0.717) is 38.5 Å². The lowest BCUT2D eigenvalue weighted by Gasteiger charge is -2.35. The Morgan fingerprint density at radius 3 is 2.46 bits per heavy atom. The highest BCUT2D eigenvalue weighted by Crippen LogP contribution is 2.42. The summed E-state index contributed by atoms with van der Waals surface area (Å²) in [6.07, 6.45) is 0.767. The van der Waals surface area contributed by atoms with Gasteiger partial charge < -0.3 is 19.6 Å². The number of phenolic OH excluding ortho intramolecular Hbond substituents is 1. The number of alkyl halides is 2. The standard InChI is InChI=1S/C28H28ClF4N5O3/c1-2-21(40)37-10-12-38(13-11-37)26-17-16-18(29)22(23-19(30)4-3-5-20(23)39)24(31)25(17)34-27(35-26)41-15-14-36-8-6-28(32,33)7-9-36/h2-5,16,39H,1,6-15H2. The molecule has 8 nitrogen and oxygen atoms in total. The summed E-state index contributed by atoms with van der Waals surface area (Å²) in [6.45, 7) is 5.81. The maximum absolute atomic E-state index is 16.1. The van der Waals surface area contributed by atoms with Crippen LogP contribution in [0.15, 0.2) is 36.9 Å². The number of benzene rings is 2. The van der Waals surface area contributed by atoms with Gasteiger partial charge in [0, 0.05) is 69.6 Å². The first-order valence-electron chi connectivity index (χ1n) is 13.1. The number of rotatable bonds is 7. The van der Waals surface area contributed by atoms with Gasteiger partial charge in [0.25, 0.3) is 5.92 Å². The van der Waals surface area contributed by atoms with Crippen LogP contribution in [0.2, 0.25) is 5.02 Å². The number of carbonyl (C=O) groups is 1. The molecule has 0 aliphatic carbocycles. The van der Waals surface area contributed by atoms with Gasteiger partial charge in [-0.05, 0) is 24.3 Å². The Balaban J connectivity index is 1.50. The summed E-state index contributed by atoms with van der Waals surface area (Å²) >= 11 is 6.46. The second kappa shape index (κ2) is 11.7. The molecule has 1 amide bonds. The van der Waals surface area contributed by atoms with Crippen molar-refractivity contribution in [2.45, 2.75) is 18.8 Å². The maximum atomic E-state index is 16.1. The fourth-order valence-electron chi connectivity index (χ4n) is 5.09. The van der Waals surface area contributed by atoms with Crippen LogP contribution < -0.4 is 9.64 Å². The van der Waals surface area contributed by atoms with E-state index < -0.39 is 28.9 Å². The van der Waals surface area contributed by atoms with Crippen LogP contribution in [0.4, 0.5) is 23.4 Å². The van der Waals surface area contributed by atoms with Gasteiger partial charge >= 0.3 is 6.01 Å². The number of carbonyl (C=O) groups excluding carboxylic acids is 1. The van der Waals surface area contributed by atoms with Crippen LogP contribution in [0.3, 0.4) is 0 Å². The number of aromatic nitrogens is 2. The minimum atomic E-state index is -2.67. The molecule has 0 unspecified atom stereocenters. The van der Waals surface area contributed by atoms with E-state index in [1.165, 1.54) is 24.3 Å². The number of ether oxygens (including phenoxy) is 1. The van der Waals surface area contributed by atoms with Crippen molar-refractivity contribution in [1.82, 2.24) is 19.8 Å². The number of hydrogen-bond acceptors (Lipinski definition) is 7. The average molecular weight is 594 g/mol. The van der Waals surface area contributed by atoms with Crippen LogP contribution >= 0.6 is 11.6 Å². The first-order valence-corrected chi connectivity index (χ1v) is 13.5. The number of halogens is 5. The molecule has 2 aliphatic heterocycles. The molecule has 3 aromatic rings. The van der Waals surface area contributed by atoms with Crippen molar-refractivity contribution in [3.05, 3.63) is 53.6 Å². The lowest BCUT2D eigenvalue weighted by molar-refractivity contribution is -0.126. The molecule has 218 valence electrons. The molecule has 3 heterocycles. The van der Waals surface area contributed by atoms with Gasteiger partial charge in [0.2, 0.25) is 5.91 Å². The van der Waals surface area contributed by atoms with Crippen LogP contribution in [0.25, 0.3) is 22.0 Å². The minimum Gasteiger partial charge on any atom is -0.507 e. The molecule has 2 fully saturated rings. The average Bonchev–Trinajstić information content (AvgIpc) is 2.95. The molecule has 1 N–H and O–H groups in total. The van der Waals surface area contributed by atoms with E-state index in [0.717, 1.165) is 6.07 Å². The smallest absolute Gasteiger partial charge is 0.319 e. The highest BCUT2D eigenvalue weighted by Gasteiger charge is 2.34. The molecule has 0 atom stereocenters. The number of amides is 1. The number of phenols is 1. The van der Waals surface area contributed by atoms with Gasteiger partial charge in [-0.2, -0.15) is 9.97 Å². The summed E-state index contributed by atoms with van der Waals surface area (Å²) in [5.74, 6) is -4.91. The quantitative estimate of drug-likeness (QED) is 0.309. The van der Waals surface area contributed by atoms with Crippen molar-refractivity contribution in [2.24, 2.45) is 0 Å². The van der Waals surface area contributed by atoms with Crippen LogP contribution in [0, 0.1) is 11.6 Å². The molecule has 0 radical (unpaired) electrons. The Kier molecular flexibility index (Phi) is 8.23. The predicted molar refractivity (Wildman–Crippen MR) is 147 cm³/mol. The van der Waals surface area contributed by atoms with E-state index in [1.807, 2.05) is 9.80 Å². The molecule has 2 aromatic carbocycles. The van der Waals surface area contributed by atoms with E-state index >= 15 is 4.39 Å². The van der Waals surface area contributed by atoms with E-state index in [2.05, 4.69) is 16.5 Å². The van der Waals surface area contributed by atoms with Crippen LogP contribution in [-0.4, -0.2) is 89.1 Å². The Bertz CT molecular complexity index is 1450. The number of piperazine rings is 1. The summed E-state index contributed by atoms with van der Waals surface area (Å²) in [6, 6.07) is 4.83. The Morgan fingerprint density at radius 1 is 1.10 bits per heavy atom. The number of piperidine rings is 1. The van der Waals surface area contributed by atoms with Gasteiger partial charge in [-0.25, -0.2) is 17.6 Å². The van der Waals surface area contributed by atoms with Crippen molar-refractivity contribution >= 4 is 34.2 Å². The molecule has 2 saturated heterocycles. The number of likely N-dealkylation sites (tertiary alicyclic amines) is 1. The van der Waals surface area contributed by atoms with Crippen molar-refractivity contribution < 1.29 is 32.2 Å². The molecule has 2 aliphatic rings. The number of anilines is 1. The van der Waals surface area contributed by atoms with Gasteiger partial charge in [-0.15, -0.1) is 0 Å². The Hall–Kier alpha value is -3.64. The monoisotopic (exact) mass is 593 g/mol. The van der Waals surface area contributed by atoms with E-state index in [4.69, 9.17) is 16.3 Å². The SMILES string of the molecule is C=CC(=O)N1CCN(c2nc(OCCN3CCC(F)(F)CC3)nc3c(F)c(-c4c(O)cccc4F)c(Cl)cc23)CC1.